The molecule has 1 unspecified atom stereocenters. The van der Waals surface area contributed by atoms with Crippen LogP contribution in [0.4, 0.5) is 14.5 Å². The molecule has 5 nitrogen and oxygen atoms in total. The van der Waals surface area contributed by atoms with Crippen molar-refractivity contribution in [3.05, 3.63) is 23.8 Å². The summed E-state index contributed by atoms with van der Waals surface area (Å²) in [6.45, 7) is 1.74. The highest BCUT2D eigenvalue weighted by molar-refractivity contribution is 6.33. The zero-order valence-electron chi connectivity index (χ0n) is 9.43. The number of rotatable bonds is 1. The van der Waals surface area contributed by atoms with Gasteiger partial charge in [0.15, 0.2) is 17.9 Å². The van der Waals surface area contributed by atoms with Crippen molar-refractivity contribution in [1.29, 1.82) is 0 Å². The van der Waals surface area contributed by atoms with Gasteiger partial charge in [-0.2, -0.15) is 4.39 Å². The van der Waals surface area contributed by atoms with Gasteiger partial charge in [-0.3, -0.25) is 4.79 Å². The molecular formula is C11H10F2N2O3. The minimum absolute atomic E-state index is 0.0419. The fraction of sp³-hybridized carbons (Fsp3) is 0.273. The van der Waals surface area contributed by atoms with E-state index < -0.39 is 11.6 Å². The van der Waals surface area contributed by atoms with Crippen LogP contribution in [0.5, 0.6) is 5.75 Å². The smallest absolute Gasteiger partial charge is 0.213 e. The topological polar surface area (TPSA) is 62.1 Å². The van der Waals surface area contributed by atoms with E-state index in [-0.39, 0.29) is 29.9 Å². The highest BCUT2D eigenvalue weighted by Gasteiger charge is 2.31. The van der Waals surface area contributed by atoms with Crippen LogP contribution in [0.2, 0.25) is 0 Å². The van der Waals surface area contributed by atoms with Crippen LogP contribution in [0.1, 0.15) is 6.92 Å². The Morgan fingerprint density at radius 2 is 2.33 bits per heavy atom. The number of benzene rings is 1. The summed E-state index contributed by atoms with van der Waals surface area (Å²) in [5.41, 5.74) is 0.146. The Hall–Kier alpha value is -2.18. The number of oxime groups is 1. The number of anilines is 1. The molecule has 1 aliphatic heterocycles. The molecule has 1 aromatic rings. The molecule has 0 bridgehead atoms. The number of nitrogens with zero attached hydrogens (tertiary/aromatic N) is 2. The summed E-state index contributed by atoms with van der Waals surface area (Å²) in [6.07, 6.45) is 0.326. The van der Waals surface area contributed by atoms with Crippen LogP contribution in [-0.4, -0.2) is 30.0 Å². The lowest BCUT2D eigenvalue weighted by atomic mass is 10.1. The summed E-state index contributed by atoms with van der Waals surface area (Å²) >= 11 is 0. The van der Waals surface area contributed by atoms with E-state index in [1.165, 1.54) is 11.0 Å². The first-order chi connectivity index (χ1) is 8.60. The van der Waals surface area contributed by atoms with Gasteiger partial charge in [0.05, 0.1) is 11.7 Å². The zero-order chi connectivity index (χ0) is 13.3. The molecular weight excluding hydrogens is 246 g/mol. The second-order valence-corrected chi connectivity index (χ2v) is 3.82. The fourth-order valence-electron chi connectivity index (χ4n) is 1.84. The van der Waals surface area contributed by atoms with Crippen LogP contribution < -0.4 is 9.64 Å². The van der Waals surface area contributed by atoms with Gasteiger partial charge in [0.1, 0.15) is 6.61 Å². The van der Waals surface area contributed by atoms with Gasteiger partial charge in [0.2, 0.25) is 11.7 Å². The molecule has 0 amide bonds. The summed E-state index contributed by atoms with van der Waals surface area (Å²) in [5.74, 6) is -2.77. The molecule has 0 saturated carbocycles. The average Bonchev–Trinajstić information content (AvgIpc) is 2.37. The van der Waals surface area contributed by atoms with E-state index in [0.29, 0.717) is 6.29 Å². The van der Waals surface area contributed by atoms with E-state index in [4.69, 9.17) is 9.94 Å². The Morgan fingerprint density at radius 1 is 1.61 bits per heavy atom. The summed E-state index contributed by atoms with van der Waals surface area (Å²) in [6, 6.07) is 1.83. The molecule has 1 heterocycles. The molecule has 0 radical (unpaired) electrons. The predicted molar refractivity (Wildman–Crippen MR) is 59.1 cm³/mol. The van der Waals surface area contributed by atoms with Gasteiger partial charge >= 0.3 is 0 Å². The molecule has 18 heavy (non-hydrogen) atoms. The van der Waals surface area contributed by atoms with Crippen LogP contribution in [0.15, 0.2) is 17.3 Å². The number of amidine groups is 1. The van der Waals surface area contributed by atoms with Gasteiger partial charge in [-0.25, -0.2) is 4.39 Å². The van der Waals surface area contributed by atoms with Gasteiger partial charge in [-0.1, -0.05) is 5.16 Å². The Bertz CT molecular complexity index is 519. The Balaban J connectivity index is 2.58. The van der Waals surface area contributed by atoms with Crippen molar-refractivity contribution in [2.24, 2.45) is 5.16 Å². The van der Waals surface area contributed by atoms with Crippen molar-refractivity contribution >= 4 is 17.8 Å². The lowest BCUT2D eigenvalue weighted by Gasteiger charge is -2.35. The van der Waals surface area contributed by atoms with Gasteiger partial charge in [0.25, 0.3) is 0 Å². The van der Waals surface area contributed by atoms with Crippen LogP contribution >= 0.6 is 0 Å². The third-order valence-electron chi connectivity index (χ3n) is 2.65. The second kappa shape index (κ2) is 4.59. The fourth-order valence-corrected chi connectivity index (χ4v) is 1.84. The van der Waals surface area contributed by atoms with Crippen LogP contribution in [-0.2, 0) is 4.79 Å². The molecule has 7 heteroatoms. The van der Waals surface area contributed by atoms with Gasteiger partial charge in [0, 0.05) is 0 Å². The minimum atomic E-state index is -1.13. The van der Waals surface area contributed by atoms with Crippen molar-refractivity contribution in [3.8, 4) is 5.75 Å². The number of halogens is 2. The number of carbonyl (C=O) groups excluding carboxylic acids is 1. The van der Waals surface area contributed by atoms with E-state index in [9.17, 15) is 13.6 Å². The maximum absolute atomic E-state index is 13.5. The van der Waals surface area contributed by atoms with Crippen molar-refractivity contribution < 1.29 is 23.5 Å². The van der Waals surface area contributed by atoms with E-state index in [1.54, 1.807) is 6.92 Å². The molecule has 2 rings (SSSR count). The third-order valence-corrected chi connectivity index (χ3v) is 2.65. The first-order valence-electron chi connectivity index (χ1n) is 5.17. The molecule has 0 aromatic heterocycles. The molecule has 1 aromatic carbocycles. The molecule has 96 valence electrons. The Labute approximate surface area is 101 Å². The van der Waals surface area contributed by atoms with Crippen molar-refractivity contribution in [2.75, 3.05) is 11.5 Å². The Kier molecular flexibility index (Phi) is 3.14. The minimum Gasteiger partial charge on any atom is -0.486 e. The first kappa shape index (κ1) is 12.3. The molecule has 1 aliphatic rings. The van der Waals surface area contributed by atoms with Crippen molar-refractivity contribution in [3.63, 3.8) is 0 Å². The van der Waals surface area contributed by atoms with E-state index in [0.717, 1.165) is 6.07 Å². The summed E-state index contributed by atoms with van der Waals surface area (Å²) in [5, 5.41) is 11.6. The number of aldehydes is 1. The molecule has 0 spiro atoms. The maximum atomic E-state index is 13.5. The third kappa shape index (κ3) is 1.77. The largest absolute Gasteiger partial charge is 0.486 e. The number of ether oxygens (including phenoxy) is 1. The van der Waals surface area contributed by atoms with Crippen molar-refractivity contribution in [2.45, 2.75) is 13.0 Å². The van der Waals surface area contributed by atoms with Crippen LogP contribution in [0, 0.1) is 11.6 Å². The van der Waals surface area contributed by atoms with E-state index >= 15 is 0 Å². The number of hydrogen-bond donors (Lipinski definition) is 1. The van der Waals surface area contributed by atoms with Gasteiger partial charge < -0.3 is 14.8 Å². The standard InChI is InChI=1S/C11H10F2N2O3/c1-6-5-18-11-8(3-2-7(12)10(11)13)15(6)9(4-16)14-17/h2-4,6,17H,5H2,1H3. The Morgan fingerprint density at radius 3 is 2.94 bits per heavy atom. The molecule has 1 N–H and O–H groups in total. The summed E-state index contributed by atoms with van der Waals surface area (Å²) < 4.78 is 31.7. The van der Waals surface area contributed by atoms with Crippen LogP contribution in [0.3, 0.4) is 0 Å². The number of carbonyl (C=O) groups is 1. The SMILES string of the molecule is CC1COc2c(ccc(F)c2F)N1C(C=O)=NO. The highest BCUT2D eigenvalue weighted by atomic mass is 19.2. The lowest BCUT2D eigenvalue weighted by molar-refractivity contribution is -0.102. The number of fused-ring (bicyclic) bond motifs is 1. The quantitative estimate of drug-likeness (QED) is 0.272. The second-order valence-electron chi connectivity index (χ2n) is 3.82. The first-order valence-corrected chi connectivity index (χ1v) is 5.17. The molecule has 1 atom stereocenters. The predicted octanol–water partition coefficient (Wildman–Crippen LogP) is 1.54. The highest BCUT2D eigenvalue weighted by Crippen LogP contribution is 2.37. The molecule has 0 aliphatic carbocycles. The monoisotopic (exact) mass is 256 g/mol. The normalized spacial score (nSPS) is 19.2. The van der Waals surface area contributed by atoms with Gasteiger partial charge in [-0.05, 0) is 19.1 Å². The van der Waals surface area contributed by atoms with Gasteiger partial charge in [-0.15, -0.1) is 0 Å². The number of hydrogen-bond acceptors (Lipinski definition) is 4. The summed E-state index contributed by atoms with van der Waals surface area (Å²) in [7, 11) is 0. The maximum Gasteiger partial charge on any atom is 0.213 e. The lowest BCUT2D eigenvalue weighted by Crippen LogP contribution is -2.46. The van der Waals surface area contributed by atoms with E-state index in [2.05, 4.69) is 5.16 Å². The molecule has 0 fully saturated rings. The van der Waals surface area contributed by atoms with Crippen molar-refractivity contribution in [1.82, 2.24) is 0 Å². The zero-order valence-corrected chi connectivity index (χ0v) is 9.43. The van der Waals surface area contributed by atoms with Crippen LogP contribution in [0.25, 0.3) is 0 Å². The average molecular weight is 256 g/mol. The molecule has 0 saturated heterocycles. The van der Waals surface area contributed by atoms with E-state index in [1.807, 2.05) is 0 Å². The summed E-state index contributed by atoms with van der Waals surface area (Å²) in [4.78, 5) is 12.1.